The maximum Gasteiger partial charge on any atom is 0.340 e. The van der Waals surface area contributed by atoms with E-state index in [2.05, 4.69) is 30.5 Å². The predicted molar refractivity (Wildman–Crippen MR) is 74.6 cm³/mol. The summed E-state index contributed by atoms with van der Waals surface area (Å²) in [4.78, 5) is 34.0. The van der Waals surface area contributed by atoms with Crippen molar-refractivity contribution >= 4 is 16.9 Å². The lowest BCUT2D eigenvalue weighted by atomic mass is 10.2. The van der Waals surface area contributed by atoms with Gasteiger partial charge in [-0.1, -0.05) is 12.1 Å². The van der Waals surface area contributed by atoms with E-state index in [1.807, 2.05) is 18.2 Å². The Balaban J connectivity index is 1.81. The van der Waals surface area contributed by atoms with E-state index in [9.17, 15) is 9.59 Å². The summed E-state index contributed by atoms with van der Waals surface area (Å²) < 4.78 is 0. The SMILES string of the molecule is CC(NC(=O)c1cnc2ccccc2n1)c1n[nH]c(=O)[nH]1. The topological polar surface area (TPSA) is 116 Å². The van der Waals surface area contributed by atoms with Crippen molar-refractivity contribution in [1.29, 1.82) is 0 Å². The first-order valence-electron chi connectivity index (χ1n) is 6.31. The number of benzene rings is 1. The number of hydrogen-bond donors (Lipinski definition) is 3. The van der Waals surface area contributed by atoms with Crippen LogP contribution in [0.25, 0.3) is 11.0 Å². The molecule has 21 heavy (non-hydrogen) atoms. The average molecular weight is 284 g/mol. The number of H-pyrrole nitrogens is 2. The van der Waals surface area contributed by atoms with Crippen LogP contribution >= 0.6 is 0 Å². The van der Waals surface area contributed by atoms with Crippen molar-refractivity contribution in [2.45, 2.75) is 13.0 Å². The van der Waals surface area contributed by atoms with Crippen LogP contribution in [-0.4, -0.2) is 31.1 Å². The Bertz CT molecular complexity index is 853. The highest BCUT2D eigenvalue weighted by atomic mass is 16.2. The molecule has 3 aromatic rings. The minimum Gasteiger partial charge on any atom is -0.341 e. The quantitative estimate of drug-likeness (QED) is 0.648. The van der Waals surface area contributed by atoms with Gasteiger partial charge in [-0.15, -0.1) is 0 Å². The van der Waals surface area contributed by atoms with Crippen molar-refractivity contribution in [2.24, 2.45) is 0 Å². The molecule has 8 heteroatoms. The summed E-state index contributed by atoms with van der Waals surface area (Å²) >= 11 is 0. The predicted octanol–water partition coefficient (Wildman–Crippen LogP) is 0.532. The molecule has 0 saturated heterocycles. The monoisotopic (exact) mass is 284 g/mol. The molecule has 1 unspecified atom stereocenters. The zero-order chi connectivity index (χ0) is 14.8. The number of nitrogens with zero attached hydrogens (tertiary/aromatic N) is 3. The van der Waals surface area contributed by atoms with Crippen LogP contribution in [0.3, 0.4) is 0 Å². The largest absolute Gasteiger partial charge is 0.341 e. The third-order valence-electron chi connectivity index (χ3n) is 2.96. The van der Waals surface area contributed by atoms with Crippen molar-refractivity contribution in [1.82, 2.24) is 30.5 Å². The fourth-order valence-corrected chi connectivity index (χ4v) is 1.89. The third kappa shape index (κ3) is 2.64. The Kier molecular flexibility index (Phi) is 3.19. The summed E-state index contributed by atoms with van der Waals surface area (Å²) in [6.45, 7) is 1.71. The lowest BCUT2D eigenvalue weighted by molar-refractivity contribution is 0.0933. The Morgan fingerprint density at radius 1 is 1.29 bits per heavy atom. The highest BCUT2D eigenvalue weighted by molar-refractivity contribution is 5.93. The van der Waals surface area contributed by atoms with Crippen molar-refractivity contribution in [2.75, 3.05) is 0 Å². The van der Waals surface area contributed by atoms with Crippen LogP contribution in [0.4, 0.5) is 0 Å². The number of nitrogens with one attached hydrogen (secondary N) is 3. The molecule has 0 radical (unpaired) electrons. The maximum atomic E-state index is 12.1. The van der Waals surface area contributed by atoms with E-state index in [0.717, 1.165) is 5.52 Å². The first-order valence-corrected chi connectivity index (χ1v) is 6.31. The van der Waals surface area contributed by atoms with Gasteiger partial charge >= 0.3 is 5.69 Å². The van der Waals surface area contributed by atoms with Crippen LogP contribution in [0, 0.1) is 0 Å². The van der Waals surface area contributed by atoms with Gasteiger partial charge in [0, 0.05) is 0 Å². The lowest BCUT2D eigenvalue weighted by Gasteiger charge is -2.10. The molecule has 0 aliphatic heterocycles. The number of para-hydroxylation sites is 2. The highest BCUT2D eigenvalue weighted by Gasteiger charge is 2.15. The smallest absolute Gasteiger partial charge is 0.340 e. The second-order valence-corrected chi connectivity index (χ2v) is 4.50. The van der Waals surface area contributed by atoms with Crippen molar-refractivity contribution in [3.8, 4) is 0 Å². The standard InChI is InChI=1S/C13H12N6O2/c1-7(11-17-13(21)19-18-11)15-12(20)10-6-14-8-4-2-3-5-9(8)16-10/h2-7H,1H3,(H,15,20)(H2,17,18,19,21). The normalized spacial score (nSPS) is 12.2. The molecule has 8 nitrogen and oxygen atoms in total. The molecule has 2 aromatic heterocycles. The maximum absolute atomic E-state index is 12.1. The first kappa shape index (κ1) is 13.0. The molecule has 1 aromatic carbocycles. The van der Waals surface area contributed by atoms with Crippen LogP contribution in [0.2, 0.25) is 0 Å². The summed E-state index contributed by atoms with van der Waals surface area (Å²) in [6.07, 6.45) is 1.41. The fraction of sp³-hybridized carbons (Fsp3) is 0.154. The number of carbonyl (C=O) groups is 1. The van der Waals surface area contributed by atoms with Crippen LogP contribution in [-0.2, 0) is 0 Å². The van der Waals surface area contributed by atoms with Crippen LogP contribution in [0.5, 0.6) is 0 Å². The van der Waals surface area contributed by atoms with E-state index in [1.54, 1.807) is 13.0 Å². The third-order valence-corrected chi connectivity index (χ3v) is 2.96. The molecule has 1 atom stereocenters. The Labute approximate surface area is 118 Å². The van der Waals surface area contributed by atoms with Gasteiger partial charge < -0.3 is 5.32 Å². The molecule has 2 heterocycles. The minimum absolute atomic E-state index is 0.207. The first-order chi connectivity index (χ1) is 10.1. The second kappa shape index (κ2) is 5.16. The molecule has 3 N–H and O–H groups in total. The van der Waals surface area contributed by atoms with Gasteiger partial charge in [0.1, 0.15) is 5.69 Å². The number of fused-ring (bicyclic) bond motifs is 1. The summed E-state index contributed by atoms with van der Waals surface area (Å²) in [5.74, 6) is -0.0355. The van der Waals surface area contributed by atoms with E-state index >= 15 is 0 Å². The number of rotatable bonds is 3. The summed E-state index contributed by atoms with van der Waals surface area (Å²) in [5, 5.41) is 8.71. The highest BCUT2D eigenvalue weighted by Crippen LogP contribution is 2.10. The molecule has 0 saturated carbocycles. The van der Waals surface area contributed by atoms with Gasteiger partial charge in [-0.3, -0.25) is 14.8 Å². The molecule has 1 amide bonds. The zero-order valence-electron chi connectivity index (χ0n) is 11.1. The minimum atomic E-state index is -0.454. The molecule has 3 rings (SSSR count). The second-order valence-electron chi connectivity index (χ2n) is 4.50. The average Bonchev–Trinajstić information content (AvgIpc) is 2.93. The molecule has 106 valence electrons. The summed E-state index contributed by atoms with van der Waals surface area (Å²) in [7, 11) is 0. The van der Waals surface area contributed by atoms with Crippen LogP contribution in [0.1, 0.15) is 29.3 Å². The zero-order valence-corrected chi connectivity index (χ0v) is 11.1. The fourth-order valence-electron chi connectivity index (χ4n) is 1.89. The Hall–Kier alpha value is -3.03. The van der Waals surface area contributed by atoms with E-state index in [-0.39, 0.29) is 11.6 Å². The molecular formula is C13H12N6O2. The van der Waals surface area contributed by atoms with E-state index in [0.29, 0.717) is 11.3 Å². The van der Waals surface area contributed by atoms with E-state index < -0.39 is 11.7 Å². The van der Waals surface area contributed by atoms with Crippen molar-refractivity contribution in [3.05, 3.63) is 52.5 Å². The van der Waals surface area contributed by atoms with Crippen molar-refractivity contribution < 1.29 is 4.79 Å². The molecule has 0 aliphatic rings. The molecule has 0 bridgehead atoms. The van der Waals surface area contributed by atoms with Gasteiger partial charge in [0.15, 0.2) is 5.82 Å². The molecule has 0 spiro atoms. The van der Waals surface area contributed by atoms with Crippen LogP contribution in [0.15, 0.2) is 35.3 Å². The molecule has 0 aliphatic carbocycles. The summed E-state index contributed by atoms with van der Waals surface area (Å²) in [6, 6.07) is 6.84. The molecule has 0 fully saturated rings. The van der Waals surface area contributed by atoms with E-state index in [1.165, 1.54) is 6.20 Å². The van der Waals surface area contributed by atoms with Gasteiger partial charge in [0.25, 0.3) is 5.91 Å². The Morgan fingerprint density at radius 3 is 2.76 bits per heavy atom. The molecular weight excluding hydrogens is 272 g/mol. The van der Waals surface area contributed by atoms with Gasteiger partial charge in [-0.05, 0) is 19.1 Å². The van der Waals surface area contributed by atoms with Gasteiger partial charge in [0.05, 0.1) is 23.3 Å². The van der Waals surface area contributed by atoms with Gasteiger partial charge in [-0.2, -0.15) is 5.10 Å². The number of aromatic nitrogens is 5. The van der Waals surface area contributed by atoms with Crippen LogP contribution < -0.4 is 11.0 Å². The van der Waals surface area contributed by atoms with Gasteiger partial charge in [-0.25, -0.2) is 14.9 Å². The van der Waals surface area contributed by atoms with E-state index in [4.69, 9.17) is 0 Å². The van der Waals surface area contributed by atoms with Crippen molar-refractivity contribution in [3.63, 3.8) is 0 Å². The number of carbonyl (C=O) groups excluding carboxylic acids is 1. The van der Waals surface area contributed by atoms with Gasteiger partial charge in [0.2, 0.25) is 0 Å². The number of aromatic amines is 2. The number of hydrogen-bond acceptors (Lipinski definition) is 5. The lowest BCUT2D eigenvalue weighted by Crippen LogP contribution is -2.28. The summed E-state index contributed by atoms with van der Waals surface area (Å²) in [5.41, 5.74) is 1.15. The number of amides is 1. The Morgan fingerprint density at radius 2 is 2.05 bits per heavy atom.